The van der Waals surface area contributed by atoms with Crippen molar-refractivity contribution < 1.29 is 19.4 Å². The fraction of sp³-hybridized carbons (Fsp3) is 0.433. The first-order valence-corrected chi connectivity index (χ1v) is 13.9. The number of nitrogens with zero attached hydrogens (tertiary/aromatic N) is 1. The van der Waals surface area contributed by atoms with Crippen molar-refractivity contribution in [3.05, 3.63) is 71.4 Å². The highest BCUT2D eigenvalue weighted by atomic mass is 32.1. The molecule has 0 radical (unpaired) electrons. The van der Waals surface area contributed by atoms with Gasteiger partial charge in [-0.3, -0.25) is 10.1 Å². The highest BCUT2D eigenvalue weighted by Crippen LogP contribution is 2.71. The third-order valence-corrected chi connectivity index (χ3v) is 10.5. The molecule has 1 aromatic heterocycles. The molecule has 6 nitrogen and oxygen atoms in total. The van der Waals surface area contributed by atoms with E-state index in [1.807, 2.05) is 37.3 Å². The highest BCUT2D eigenvalue weighted by Gasteiger charge is 2.67. The van der Waals surface area contributed by atoms with Crippen LogP contribution in [0.25, 0.3) is 10.4 Å². The number of carboxylic acid groups (broad SMARTS) is 1. The molecule has 0 aliphatic heterocycles. The van der Waals surface area contributed by atoms with E-state index in [0.717, 1.165) is 73.1 Å². The van der Waals surface area contributed by atoms with Crippen molar-refractivity contribution in [2.75, 3.05) is 5.32 Å². The topological polar surface area (TPSA) is 88.5 Å². The lowest BCUT2D eigenvalue weighted by atomic mass is 9.47. The Balaban J connectivity index is 1.15. The van der Waals surface area contributed by atoms with Gasteiger partial charge in [0.1, 0.15) is 6.61 Å². The van der Waals surface area contributed by atoms with Gasteiger partial charge in [-0.2, -0.15) is 4.37 Å². The number of carbonyl (C=O) groups is 2. The predicted octanol–water partition coefficient (Wildman–Crippen LogP) is 7.32. The summed E-state index contributed by atoms with van der Waals surface area (Å²) in [5.41, 5.74) is 4.48. The molecule has 2 aromatic carbocycles. The maximum absolute atomic E-state index is 12.5. The highest BCUT2D eigenvalue weighted by molar-refractivity contribution is 7.10. The van der Waals surface area contributed by atoms with Gasteiger partial charge in [0.05, 0.1) is 21.7 Å². The Kier molecular flexibility index (Phi) is 5.86. The Morgan fingerprint density at radius 3 is 2.19 bits per heavy atom. The second-order valence-electron chi connectivity index (χ2n) is 11.2. The van der Waals surface area contributed by atoms with Gasteiger partial charge < -0.3 is 9.84 Å². The smallest absolute Gasteiger partial charge is 0.412 e. The van der Waals surface area contributed by atoms with Crippen LogP contribution in [-0.4, -0.2) is 21.5 Å². The Bertz CT molecular complexity index is 1300. The third kappa shape index (κ3) is 4.04. The zero-order valence-corrected chi connectivity index (χ0v) is 21.9. The SMILES string of the molecule is Cc1nsc(-c2ccc(C34CCC(C5(C(=O)O)CC5)(CC3)CC4)cc2)c1NC(=O)OCc1ccccc1. The van der Waals surface area contributed by atoms with Crippen molar-refractivity contribution in [3.8, 4) is 10.4 Å². The molecule has 0 spiro atoms. The third-order valence-electron chi connectivity index (χ3n) is 9.48. The normalized spacial score (nSPS) is 25.4. The maximum Gasteiger partial charge on any atom is 0.412 e. The van der Waals surface area contributed by atoms with E-state index < -0.39 is 17.5 Å². The number of aromatic nitrogens is 1. The molecule has 37 heavy (non-hydrogen) atoms. The molecule has 192 valence electrons. The molecule has 1 heterocycles. The van der Waals surface area contributed by atoms with Crippen molar-refractivity contribution in [3.63, 3.8) is 0 Å². The molecular weight excluding hydrogens is 484 g/mol. The Morgan fingerprint density at radius 2 is 1.59 bits per heavy atom. The number of anilines is 1. The van der Waals surface area contributed by atoms with Gasteiger partial charge in [0.2, 0.25) is 0 Å². The second kappa shape index (κ2) is 8.98. The molecule has 0 atom stereocenters. The van der Waals surface area contributed by atoms with E-state index in [-0.39, 0.29) is 17.4 Å². The van der Waals surface area contributed by atoms with Crippen LogP contribution in [0.1, 0.15) is 68.2 Å². The number of fused-ring (bicyclic) bond motifs is 3. The summed E-state index contributed by atoms with van der Waals surface area (Å²) in [5, 5.41) is 12.8. The number of hydrogen-bond acceptors (Lipinski definition) is 5. The fourth-order valence-electron chi connectivity index (χ4n) is 6.98. The van der Waals surface area contributed by atoms with Crippen LogP contribution >= 0.6 is 11.5 Å². The lowest BCUT2D eigenvalue weighted by Gasteiger charge is -2.56. The molecular formula is C30H32N2O4S. The maximum atomic E-state index is 12.5. The molecule has 0 unspecified atom stereocenters. The number of nitrogens with one attached hydrogen (secondary N) is 1. The van der Waals surface area contributed by atoms with Gasteiger partial charge in [-0.1, -0.05) is 54.6 Å². The van der Waals surface area contributed by atoms with Crippen LogP contribution in [0.5, 0.6) is 0 Å². The van der Waals surface area contributed by atoms with Crippen molar-refractivity contribution in [2.45, 2.75) is 70.3 Å². The minimum absolute atomic E-state index is 0.0103. The zero-order valence-electron chi connectivity index (χ0n) is 21.1. The standard InChI is InChI=1S/C30H32N2O4S/c1-20-24(31-27(35)36-19-21-5-3-2-4-6-21)25(37-32-20)22-7-9-23(10-8-22)28-11-14-29(15-12-28,16-13-28)30(17-18-30)26(33)34/h2-10H,11-19H2,1H3,(H,31,35)(H,33,34). The predicted molar refractivity (Wildman–Crippen MR) is 144 cm³/mol. The molecule has 4 aliphatic carbocycles. The Morgan fingerprint density at radius 1 is 0.946 bits per heavy atom. The van der Waals surface area contributed by atoms with E-state index in [0.29, 0.717) is 5.69 Å². The van der Waals surface area contributed by atoms with Crippen molar-refractivity contribution in [1.82, 2.24) is 4.37 Å². The Hall–Kier alpha value is -3.19. The number of aliphatic carboxylic acids is 1. The average Bonchev–Trinajstić information content (AvgIpc) is 3.70. The van der Waals surface area contributed by atoms with E-state index in [9.17, 15) is 14.7 Å². The number of hydrogen-bond donors (Lipinski definition) is 2. The lowest BCUT2D eigenvalue weighted by molar-refractivity contribution is -0.154. The van der Waals surface area contributed by atoms with E-state index in [2.05, 4.69) is 34.0 Å². The molecule has 3 aromatic rings. The van der Waals surface area contributed by atoms with Crippen LogP contribution in [0, 0.1) is 17.8 Å². The van der Waals surface area contributed by atoms with Crippen LogP contribution in [0.2, 0.25) is 0 Å². The summed E-state index contributed by atoms with van der Waals surface area (Å²) in [5.74, 6) is -0.570. The first-order valence-electron chi connectivity index (χ1n) is 13.1. The van der Waals surface area contributed by atoms with E-state index in [1.54, 1.807) is 0 Å². The van der Waals surface area contributed by atoms with Gasteiger partial charge >= 0.3 is 12.1 Å². The first-order chi connectivity index (χ1) is 17.9. The number of ether oxygens (including phenoxy) is 1. The number of carboxylic acids is 1. The molecule has 1 amide bonds. The minimum atomic E-state index is -0.570. The first kappa shape index (κ1) is 24.2. The summed E-state index contributed by atoms with van der Waals surface area (Å²) >= 11 is 1.38. The van der Waals surface area contributed by atoms with Crippen LogP contribution in [0.4, 0.5) is 10.5 Å². The summed E-state index contributed by atoms with van der Waals surface area (Å²) in [6.07, 6.45) is 7.50. The van der Waals surface area contributed by atoms with Crippen LogP contribution < -0.4 is 5.32 Å². The summed E-state index contributed by atoms with van der Waals surface area (Å²) in [4.78, 5) is 25.5. The molecule has 2 N–H and O–H groups in total. The summed E-state index contributed by atoms with van der Waals surface area (Å²) < 4.78 is 9.91. The fourth-order valence-corrected chi connectivity index (χ4v) is 7.83. The molecule has 2 bridgehead atoms. The minimum Gasteiger partial charge on any atom is -0.481 e. The summed E-state index contributed by atoms with van der Waals surface area (Å²) in [6.45, 7) is 2.10. The summed E-state index contributed by atoms with van der Waals surface area (Å²) in [6, 6.07) is 18.3. The largest absolute Gasteiger partial charge is 0.481 e. The van der Waals surface area contributed by atoms with Crippen LogP contribution in [0.3, 0.4) is 0 Å². The molecule has 4 fully saturated rings. The molecule has 4 saturated carbocycles. The van der Waals surface area contributed by atoms with Gasteiger partial charge in [0.25, 0.3) is 0 Å². The van der Waals surface area contributed by atoms with Crippen molar-refractivity contribution in [2.24, 2.45) is 10.8 Å². The quantitative estimate of drug-likeness (QED) is 0.343. The number of rotatable bonds is 7. The van der Waals surface area contributed by atoms with Gasteiger partial charge in [0.15, 0.2) is 0 Å². The second-order valence-corrected chi connectivity index (χ2v) is 12.0. The van der Waals surface area contributed by atoms with E-state index in [4.69, 9.17) is 4.74 Å². The average molecular weight is 517 g/mol. The van der Waals surface area contributed by atoms with Gasteiger partial charge in [-0.05, 0) is 97.3 Å². The number of amides is 1. The number of aryl methyl sites for hydroxylation is 1. The van der Waals surface area contributed by atoms with Gasteiger partial charge in [-0.15, -0.1) is 0 Å². The molecule has 0 saturated heterocycles. The monoisotopic (exact) mass is 516 g/mol. The molecule has 4 aliphatic rings. The molecule has 7 heteroatoms. The molecule has 7 rings (SSSR count). The van der Waals surface area contributed by atoms with Crippen LogP contribution in [0.15, 0.2) is 54.6 Å². The van der Waals surface area contributed by atoms with Gasteiger partial charge in [-0.25, -0.2) is 4.79 Å². The van der Waals surface area contributed by atoms with Gasteiger partial charge in [0, 0.05) is 0 Å². The Labute approximate surface area is 221 Å². The lowest BCUT2D eigenvalue weighted by Crippen LogP contribution is -2.50. The van der Waals surface area contributed by atoms with Crippen LogP contribution in [-0.2, 0) is 21.6 Å². The van der Waals surface area contributed by atoms with E-state index in [1.165, 1.54) is 17.1 Å². The zero-order chi connectivity index (χ0) is 25.7. The van der Waals surface area contributed by atoms with E-state index >= 15 is 0 Å². The summed E-state index contributed by atoms with van der Waals surface area (Å²) in [7, 11) is 0. The van der Waals surface area contributed by atoms with Crippen molar-refractivity contribution in [1.29, 1.82) is 0 Å². The number of carbonyl (C=O) groups excluding carboxylic acids is 1. The van der Waals surface area contributed by atoms with Crippen molar-refractivity contribution >= 4 is 29.3 Å². The number of benzene rings is 2.